The second-order valence-electron chi connectivity index (χ2n) is 3.78. The van der Waals surface area contributed by atoms with E-state index in [1.165, 1.54) is 6.07 Å². The molecular weight excluding hydrogens is 287 g/mol. The van der Waals surface area contributed by atoms with Crippen molar-refractivity contribution in [1.82, 2.24) is 5.32 Å². The third-order valence-electron chi connectivity index (χ3n) is 2.44. The minimum absolute atomic E-state index is 0.0313. The van der Waals surface area contributed by atoms with E-state index in [0.717, 1.165) is 17.7 Å². The molecule has 0 saturated heterocycles. The summed E-state index contributed by atoms with van der Waals surface area (Å²) in [5.41, 5.74) is 1.74. The van der Waals surface area contributed by atoms with Gasteiger partial charge in [-0.05, 0) is 47.0 Å². The lowest BCUT2D eigenvalue weighted by Crippen LogP contribution is -2.18. The Hall–Kier alpha value is -1.10. The Morgan fingerprint density at radius 2 is 2.18 bits per heavy atom. The van der Waals surface area contributed by atoms with Crippen LogP contribution in [0.15, 0.2) is 16.6 Å². The van der Waals surface area contributed by atoms with E-state index in [0.29, 0.717) is 17.4 Å². The van der Waals surface area contributed by atoms with Gasteiger partial charge in [-0.1, -0.05) is 0 Å². The normalized spacial score (nSPS) is 10.1. The van der Waals surface area contributed by atoms with Gasteiger partial charge in [0.15, 0.2) is 0 Å². The standard InChI is InChI=1S/C12H16BrFN2O/c1-8-6-10(14)9(13)7-11(8)16-5-3-4-12(17)15-2/h6-7,16H,3-5H2,1-2H3,(H,15,17). The molecule has 5 heteroatoms. The molecule has 1 amide bonds. The molecular formula is C12H16BrFN2O. The first-order valence-electron chi connectivity index (χ1n) is 5.44. The first kappa shape index (κ1) is 14.0. The fourth-order valence-electron chi connectivity index (χ4n) is 1.43. The van der Waals surface area contributed by atoms with Gasteiger partial charge in [0.25, 0.3) is 0 Å². The summed E-state index contributed by atoms with van der Waals surface area (Å²) < 4.78 is 13.6. The highest BCUT2D eigenvalue weighted by atomic mass is 79.9. The van der Waals surface area contributed by atoms with Crippen LogP contribution in [0.2, 0.25) is 0 Å². The van der Waals surface area contributed by atoms with Gasteiger partial charge >= 0.3 is 0 Å². The first-order chi connectivity index (χ1) is 8.04. The van der Waals surface area contributed by atoms with Crippen LogP contribution in [0.25, 0.3) is 0 Å². The zero-order valence-corrected chi connectivity index (χ0v) is 11.5. The van der Waals surface area contributed by atoms with Crippen LogP contribution >= 0.6 is 15.9 Å². The number of hydrogen-bond acceptors (Lipinski definition) is 2. The van der Waals surface area contributed by atoms with Crippen LogP contribution in [0.5, 0.6) is 0 Å². The molecule has 0 spiro atoms. The van der Waals surface area contributed by atoms with E-state index in [-0.39, 0.29) is 11.7 Å². The average molecular weight is 303 g/mol. The van der Waals surface area contributed by atoms with Gasteiger partial charge in [0.05, 0.1) is 4.47 Å². The Labute approximate surface area is 109 Å². The number of carbonyl (C=O) groups excluding carboxylic acids is 1. The predicted molar refractivity (Wildman–Crippen MR) is 70.6 cm³/mol. The van der Waals surface area contributed by atoms with Crippen LogP contribution in [0, 0.1) is 12.7 Å². The van der Waals surface area contributed by atoms with E-state index >= 15 is 0 Å². The van der Waals surface area contributed by atoms with E-state index in [1.54, 1.807) is 13.1 Å². The lowest BCUT2D eigenvalue weighted by Gasteiger charge is -2.10. The third kappa shape index (κ3) is 4.34. The van der Waals surface area contributed by atoms with Gasteiger partial charge in [-0.2, -0.15) is 0 Å². The summed E-state index contributed by atoms with van der Waals surface area (Å²) in [7, 11) is 1.62. The molecule has 0 fully saturated rings. The Balaban J connectivity index is 2.47. The van der Waals surface area contributed by atoms with Crippen molar-refractivity contribution in [2.45, 2.75) is 19.8 Å². The monoisotopic (exact) mass is 302 g/mol. The quantitative estimate of drug-likeness (QED) is 0.821. The molecule has 0 radical (unpaired) electrons. The molecule has 0 aliphatic carbocycles. The smallest absolute Gasteiger partial charge is 0.219 e. The van der Waals surface area contributed by atoms with Crippen LogP contribution < -0.4 is 10.6 Å². The Bertz CT molecular complexity index is 410. The molecule has 0 bridgehead atoms. The van der Waals surface area contributed by atoms with Gasteiger partial charge < -0.3 is 10.6 Å². The molecule has 0 heterocycles. The molecule has 1 rings (SSSR count). The predicted octanol–water partition coefficient (Wildman–Crippen LogP) is 2.83. The molecule has 0 saturated carbocycles. The summed E-state index contributed by atoms with van der Waals surface area (Å²) in [6, 6.07) is 3.19. The summed E-state index contributed by atoms with van der Waals surface area (Å²) in [5, 5.41) is 5.75. The highest BCUT2D eigenvalue weighted by molar-refractivity contribution is 9.10. The number of amides is 1. The molecule has 1 aromatic rings. The fraction of sp³-hybridized carbons (Fsp3) is 0.417. The molecule has 1 aromatic carbocycles. The molecule has 17 heavy (non-hydrogen) atoms. The molecule has 2 N–H and O–H groups in total. The van der Waals surface area contributed by atoms with Crippen molar-refractivity contribution < 1.29 is 9.18 Å². The van der Waals surface area contributed by atoms with Crippen molar-refractivity contribution >= 4 is 27.5 Å². The maximum absolute atomic E-state index is 13.2. The second kappa shape index (κ2) is 6.59. The van der Waals surface area contributed by atoms with Crippen molar-refractivity contribution in [2.24, 2.45) is 0 Å². The van der Waals surface area contributed by atoms with Gasteiger partial charge in [0, 0.05) is 25.7 Å². The number of halogens is 2. The lowest BCUT2D eigenvalue weighted by atomic mass is 10.2. The molecule has 94 valence electrons. The zero-order chi connectivity index (χ0) is 12.8. The summed E-state index contributed by atoms with van der Waals surface area (Å²) in [6.45, 7) is 2.53. The summed E-state index contributed by atoms with van der Waals surface area (Å²) in [4.78, 5) is 11.0. The number of benzene rings is 1. The van der Waals surface area contributed by atoms with Gasteiger partial charge in [-0.3, -0.25) is 4.79 Å². The Kier molecular flexibility index (Phi) is 5.41. The number of hydrogen-bond donors (Lipinski definition) is 2. The van der Waals surface area contributed by atoms with E-state index in [9.17, 15) is 9.18 Å². The number of rotatable bonds is 5. The summed E-state index contributed by atoms with van der Waals surface area (Å²) in [6.07, 6.45) is 1.24. The SMILES string of the molecule is CNC(=O)CCCNc1cc(Br)c(F)cc1C. The summed E-state index contributed by atoms with van der Waals surface area (Å²) >= 11 is 3.14. The van der Waals surface area contributed by atoms with E-state index in [2.05, 4.69) is 26.6 Å². The molecule has 0 atom stereocenters. The van der Waals surface area contributed by atoms with Crippen LogP contribution in [-0.4, -0.2) is 19.5 Å². The number of aryl methyl sites for hydroxylation is 1. The van der Waals surface area contributed by atoms with E-state index in [1.807, 2.05) is 6.92 Å². The van der Waals surface area contributed by atoms with Crippen LogP contribution in [0.3, 0.4) is 0 Å². The topological polar surface area (TPSA) is 41.1 Å². The summed E-state index contributed by atoms with van der Waals surface area (Å²) in [5.74, 6) is -0.234. The Morgan fingerprint density at radius 3 is 2.82 bits per heavy atom. The molecule has 0 aliphatic heterocycles. The zero-order valence-electron chi connectivity index (χ0n) is 9.94. The first-order valence-corrected chi connectivity index (χ1v) is 6.24. The van der Waals surface area contributed by atoms with Crippen molar-refractivity contribution in [1.29, 1.82) is 0 Å². The molecule has 0 unspecified atom stereocenters. The van der Waals surface area contributed by atoms with Crippen molar-refractivity contribution in [2.75, 3.05) is 18.9 Å². The van der Waals surface area contributed by atoms with Gasteiger partial charge in [0.1, 0.15) is 5.82 Å². The lowest BCUT2D eigenvalue weighted by molar-refractivity contribution is -0.120. The minimum atomic E-state index is -0.265. The van der Waals surface area contributed by atoms with Crippen LogP contribution in [-0.2, 0) is 4.79 Å². The minimum Gasteiger partial charge on any atom is -0.385 e. The fourth-order valence-corrected chi connectivity index (χ4v) is 1.78. The van der Waals surface area contributed by atoms with Gasteiger partial charge in [-0.25, -0.2) is 4.39 Å². The van der Waals surface area contributed by atoms with Gasteiger partial charge in [0.2, 0.25) is 5.91 Å². The highest BCUT2D eigenvalue weighted by Gasteiger charge is 2.05. The number of anilines is 1. The van der Waals surface area contributed by atoms with Crippen LogP contribution in [0.1, 0.15) is 18.4 Å². The third-order valence-corrected chi connectivity index (χ3v) is 3.05. The van der Waals surface area contributed by atoms with Crippen molar-refractivity contribution in [3.05, 3.63) is 28.0 Å². The average Bonchev–Trinajstić information content (AvgIpc) is 2.30. The Morgan fingerprint density at radius 1 is 1.47 bits per heavy atom. The van der Waals surface area contributed by atoms with E-state index < -0.39 is 0 Å². The molecule has 0 aliphatic rings. The largest absolute Gasteiger partial charge is 0.385 e. The van der Waals surface area contributed by atoms with E-state index in [4.69, 9.17) is 0 Å². The molecule has 3 nitrogen and oxygen atoms in total. The number of carbonyl (C=O) groups is 1. The second-order valence-corrected chi connectivity index (χ2v) is 4.64. The highest BCUT2D eigenvalue weighted by Crippen LogP contribution is 2.24. The maximum atomic E-state index is 13.2. The van der Waals surface area contributed by atoms with Crippen molar-refractivity contribution in [3.8, 4) is 0 Å². The van der Waals surface area contributed by atoms with Gasteiger partial charge in [-0.15, -0.1) is 0 Å². The van der Waals surface area contributed by atoms with Crippen molar-refractivity contribution in [3.63, 3.8) is 0 Å². The molecule has 0 aromatic heterocycles. The maximum Gasteiger partial charge on any atom is 0.219 e. The van der Waals surface area contributed by atoms with Crippen LogP contribution in [0.4, 0.5) is 10.1 Å². The number of nitrogens with one attached hydrogen (secondary N) is 2.